The summed E-state index contributed by atoms with van der Waals surface area (Å²) in [5.41, 5.74) is 0. The number of rotatable bonds is 3. The van der Waals surface area contributed by atoms with Crippen LogP contribution in [-0.4, -0.2) is 22.1 Å². The summed E-state index contributed by atoms with van der Waals surface area (Å²) in [5, 5.41) is 8.71. The lowest BCUT2D eigenvalue weighted by molar-refractivity contribution is -0.134. The van der Waals surface area contributed by atoms with E-state index in [9.17, 15) is 14.3 Å². The number of carboxylic acids is 1. The van der Waals surface area contributed by atoms with E-state index in [0.29, 0.717) is 12.3 Å². The van der Waals surface area contributed by atoms with Gasteiger partial charge in [-0.3, -0.25) is 9.36 Å². The van der Waals surface area contributed by atoms with Crippen LogP contribution in [0, 0.1) is 5.92 Å². The lowest BCUT2D eigenvalue weighted by Gasteiger charge is -2.15. The zero-order valence-electron chi connectivity index (χ0n) is 7.88. The molecule has 0 aromatic carbocycles. The molecule has 0 radical (unpaired) electrons. The lowest BCUT2D eigenvalue weighted by atomic mass is 10.0. The molecule has 0 bridgehead atoms. The van der Waals surface area contributed by atoms with E-state index in [-0.39, 0.29) is 5.31 Å². The normalized spacial score (nSPS) is 25.3. The minimum Gasteiger partial charge on any atom is -0.481 e. The van der Waals surface area contributed by atoms with Crippen molar-refractivity contribution in [3.05, 3.63) is 23.5 Å². The predicted octanol–water partition coefficient (Wildman–Crippen LogP) is 1.82. The minimum absolute atomic E-state index is 0.262. The molecule has 0 spiro atoms. The molecule has 0 heterocycles. The Bertz CT molecular complexity index is 343. The van der Waals surface area contributed by atoms with E-state index in [4.69, 9.17) is 5.11 Å². The third-order valence-corrected chi connectivity index (χ3v) is 3.89. The van der Waals surface area contributed by atoms with Crippen LogP contribution in [-0.2, 0) is 9.36 Å². The maximum absolute atomic E-state index is 11.5. The molecule has 0 aromatic heterocycles. The Morgan fingerprint density at radius 3 is 2.79 bits per heavy atom. The van der Waals surface area contributed by atoms with Crippen LogP contribution < -0.4 is 0 Å². The smallest absolute Gasteiger partial charge is 0.313 e. The first-order chi connectivity index (χ1) is 6.42. The highest BCUT2D eigenvalue weighted by Gasteiger charge is 2.27. The second-order valence-electron chi connectivity index (χ2n) is 3.45. The van der Waals surface area contributed by atoms with E-state index in [0.717, 1.165) is 0 Å². The summed E-state index contributed by atoms with van der Waals surface area (Å²) in [7, 11) is -3.68. The Labute approximate surface area is 82.4 Å². The molecule has 1 aliphatic rings. The number of carboxylic acid groups (broad SMARTS) is 1. The Morgan fingerprint density at radius 2 is 2.36 bits per heavy atom. The zero-order chi connectivity index (χ0) is 10.8. The molecule has 0 aromatic rings. The summed E-state index contributed by atoms with van der Waals surface area (Å²) in [4.78, 5) is 19.8. The van der Waals surface area contributed by atoms with Crippen LogP contribution in [0.25, 0.3) is 0 Å². The molecule has 2 atom stereocenters. The molecule has 14 heavy (non-hydrogen) atoms. The van der Waals surface area contributed by atoms with Gasteiger partial charge < -0.3 is 10.00 Å². The van der Waals surface area contributed by atoms with Crippen molar-refractivity contribution in [3.8, 4) is 0 Å². The Balaban J connectivity index is 2.79. The first kappa shape index (κ1) is 11.2. The van der Waals surface area contributed by atoms with Gasteiger partial charge >= 0.3 is 5.97 Å². The summed E-state index contributed by atoms with van der Waals surface area (Å²) < 4.78 is 11.5. The minimum atomic E-state index is -3.68. The van der Waals surface area contributed by atoms with Gasteiger partial charge in [0, 0.05) is 5.31 Å². The van der Waals surface area contributed by atoms with Crippen molar-refractivity contribution in [1.82, 2.24) is 0 Å². The lowest BCUT2D eigenvalue weighted by Crippen LogP contribution is -2.05. The van der Waals surface area contributed by atoms with Gasteiger partial charge in [-0.2, -0.15) is 0 Å². The molecule has 0 saturated carbocycles. The quantitative estimate of drug-likeness (QED) is 0.705. The van der Waals surface area contributed by atoms with Gasteiger partial charge in [0.15, 0.2) is 0 Å². The maximum Gasteiger partial charge on any atom is 0.313 e. The average molecular weight is 216 g/mol. The van der Waals surface area contributed by atoms with Crippen molar-refractivity contribution in [2.45, 2.75) is 13.3 Å². The fourth-order valence-electron chi connectivity index (χ4n) is 1.25. The molecule has 2 unspecified atom stereocenters. The number of allylic oxidation sites excluding steroid dienone is 4. The van der Waals surface area contributed by atoms with E-state index in [2.05, 4.69) is 0 Å². The molecule has 0 aliphatic heterocycles. The van der Waals surface area contributed by atoms with Gasteiger partial charge in [0.2, 0.25) is 7.37 Å². The summed E-state index contributed by atoms with van der Waals surface area (Å²) in [6.45, 7) is 1.99. The van der Waals surface area contributed by atoms with Crippen molar-refractivity contribution < 1.29 is 19.4 Å². The third kappa shape index (κ3) is 2.82. The highest BCUT2D eigenvalue weighted by molar-refractivity contribution is 7.63. The molecule has 0 fully saturated rings. The third-order valence-electron chi connectivity index (χ3n) is 2.05. The molecular weight excluding hydrogens is 203 g/mol. The molecule has 5 heteroatoms. The Morgan fingerprint density at radius 1 is 1.71 bits per heavy atom. The van der Waals surface area contributed by atoms with Crippen LogP contribution in [0.3, 0.4) is 0 Å². The van der Waals surface area contributed by atoms with Crippen LogP contribution in [0.4, 0.5) is 0 Å². The van der Waals surface area contributed by atoms with Gasteiger partial charge in [0.25, 0.3) is 0 Å². The Kier molecular flexibility index (Phi) is 3.29. The molecule has 0 amide bonds. The number of hydrogen-bond donors (Lipinski definition) is 2. The molecule has 78 valence electrons. The van der Waals surface area contributed by atoms with Crippen molar-refractivity contribution in [3.63, 3.8) is 0 Å². The molecule has 0 saturated heterocycles. The summed E-state index contributed by atoms with van der Waals surface area (Å²) in [6, 6.07) is 0. The highest BCUT2D eigenvalue weighted by Crippen LogP contribution is 2.51. The molecule has 1 rings (SSSR count). The highest BCUT2D eigenvalue weighted by atomic mass is 31.2. The van der Waals surface area contributed by atoms with Gasteiger partial charge in [-0.05, 0) is 12.3 Å². The second-order valence-corrected chi connectivity index (χ2v) is 5.69. The van der Waals surface area contributed by atoms with Gasteiger partial charge in [-0.1, -0.05) is 25.2 Å². The van der Waals surface area contributed by atoms with E-state index in [1.807, 2.05) is 13.0 Å². The van der Waals surface area contributed by atoms with Crippen LogP contribution in [0.2, 0.25) is 0 Å². The number of aliphatic carboxylic acids is 1. The van der Waals surface area contributed by atoms with Gasteiger partial charge in [-0.15, -0.1) is 0 Å². The maximum atomic E-state index is 11.5. The van der Waals surface area contributed by atoms with Crippen LogP contribution >= 0.6 is 7.37 Å². The standard InChI is InChI=1S/C9H13O4P/c1-7-2-4-8(5-3-7)14(12,13)6-9(10)11/h2,4-5,7H,3,6H2,1H3,(H,10,11)(H,12,13). The summed E-state index contributed by atoms with van der Waals surface area (Å²) in [6.07, 6.45) is 5.01. The van der Waals surface area contributed by atoms with Crippen LogP contribution in [0.5, 0.6) is 0 Å². The van der Waals surface area contributed by atoms with E-state index >= 15 is 0 Å². The topological polar surface area (TPSA) is 74.6 Å². The van der Waals surface area contributed by atoms with Crippen LogP contribution in [0.15, 0.2) is 23.5 Å². The SMILES string of the molecule is CC1C=CC(P(=O)(O)CC(=O)O)=CC1. The van der Waals surface area contributed by atoms with Crippen molar-refractivity contribution >= 4 is 13.3 Å². The van der Waals surface area contributed by atoms with E-state index in [1.165, 1.54) is 0 Å². The Hall–Kier alpha value is -0.860. The fourth-order valence-corrected chi connectivity index (χ4v) is 2.51. The van der Waals surface area contributed by atoms with Crippen molar-refractivity contribution in [2.75, 3.05) is 6.16 Å². The van der Waals surface area contributed by atoms with Gasteiger partial charge in [0.05, 0.1) is 0 Å². The van der Waals surface area contributed by atoms with E-state index in [1.54, 1.807) is 12.2 Å². The summed E-state index contributed by atoms with van der Waals surface area (Å²) >= 11 is 0. The average Bonchev–Trinajstić information content (AvgIpc) is 2.02. The van der Waals surface area contributed by atoms with Crippen molar-refractivity contribution in [2.24, 2.45) is 5.92 Å². The fraction of sp³-hybridized carbons (Fsp3) is 0.444. The first-order valence-corrected chi connectivity index (χ1v) is 6.19. The molecule has 1 aliphatic carbocycles. The molecular formula is C9H13O4P. The van der Waals surface area contributed by atoms with Crippen LogP contribution in [0.1, 0.15) is 13.3 Å². The van der Waals surface area contributed by atoms with E-state index < -0.39 is 19.5 Å². The first-order valence-electron chi connectivity index (χ1n) is 4.34. The predicted molar refractivity (Wildman–Crippen MR) is 53.3 cm³/mol. The monoisotopic (exact) mass is 216 g/mol. The second kappa shape index (κ2) is 4.11. The van der Waals surface area contributed by atoms with Gasteiger partial charge in [0.1, 0.15) is 6.16 Å². The molecule has 2 N–H and O–H groups in total. The molecule has 4 nitrogen and oxygen atoms in total. The number of hydrogen-bond acceptors (Lipinski definition) is 2. The van der Waals surface area contributed by atoms with Gasteiger partial charge in [-0.25, -0.2) is 0 Å². The van der Waals surface area contributed by atoms with Crippen molar-refractivity contribution in [1.29, 1.82) is 0 Å². The summed E-state index contributed by atoms with van der Waals surface area (Å²) in [5.74, 6) is -0.896. The largest absolute Gasteiger partial charge is 0.481 e. The zero-order valence-corrected chi connectivity index (χ0v) is 8.78. The number of carbonyl (C=O) groups is 1.